The third-order valence-electron chi connectivity index (χ3n) is 5.52. The Morgan fingerprint density at radius 1 is 1.14 bits per heavy atom. The van der Waals surface area contributed by atoms with Gasteiger partial charge < -0.3 is 5.73 Å². The summed E-state index contributed by atoms with van der Waals surface area (Å²) in [6, 6.07) is 11.1. The van der Waals surface area contributed by atoms with Gasteiger partial charge >= 0.3 is 0 Å². The molecule has 1 aromatic rings. The van der Waals surface area contributed by atoms with Gasteiger partial charge in [-0.3, -0.25) is 4.90 Å². The van der Waals surface area contributed by atoms with Crippen LogP contribution in [0.15, 0.2) is 30.3 Å². The van der Waals surface area contributed by atoms with Crippen molar-refractivity contribution in [2.75, 3.05) is 13.1 Å². The van der Waals surface area contributed by atoms with Gasteiger partial charge in [-0.2, -0.15) is 0 Å². The van der Waals surface area contributed by atoms with Crippen LogP contribution in [0.2, 0.25) is 0 Å². The average Bonchev–Trinajstić information content (AvgIpc) is 2.50. The van der Waals surface area contributed by atoms with Gasteiger partial charge in [-0.05, 0) is 42.8 Å². The van der Waals surface area contributed by atoms with Crippen molar-refractivity contribution < 1.29 is 0 Å². The summed E-state index contributed by atoms with van der Waals surface area (Å²) in [6.07, 6.45) is 3.89. The molecule has 2 N–H and O–H groups in total. The number of nitrogens with two attached hydrogens (primary N) is 1. The third-order valence-corrected chi connectivity index (χ3v) is 5.52. The third kappa shape index (κ3) is 3.87. The first-order valence-electron chi connectivity index (χ1n) is 8.51. The molecular formula is C19H32N2. The standard InChI is InChI=1S/C19H32N2/c1-5-19(4)11-13-21(14-12-19)18(15(2)3)17(20)16-9-7-6-8-10-16/h6-10,15,17-18H,5,11-14,20H2,1-4H3. The predicted octanol–water partition coefficient (Wildman–Crippen LogP) is 4.22. The van der Waals surface area contributed by atoms with E-state index in [0.717, 1.165) is 0 Å². The molecule has 118 valence electrons. The minimum Gasteiger partial charge on any atom is -0.323 e. The Morgan fingerprint density at radius 3 is 2.19 bits per heavy atom. The zero-order valence-corrected chi connectivity index (χ0v) is 14.2. The maximum Gasteiger partial charge on any atom is 0.0455 e. The Morgan fingerprint density at radius 2 is 1.71 bits per heavy atom. The first-order chi connectivity index (χ1) is 9.97. The van der Waals surface area contributed by atoms with E-state index in [0.29, 0.717) is 17.4 Å². The maximum atomic E-state index is 6.63. The number of hydrogen-bond acceptors (Lipinski definition) is 2. The van der Waals surface area contributed by atoms with E-state index in [1.54, 1.807) is 0 Å². The summed E-state index contributed by atoms with van der Waals surface area (Å²) < 4.78 is 0. The molecule has 2 heteroatoms. The molecule has 0 spiro atoms. The van der Waals surface area contributed by atoms with E-state index in [2.05, 4.69) is 62.9 Å². The first kappa shape index (κ1) is 16.5. The summed E-state index contributed by atoms with van der Waals surface area (Å²) in [6.45, 7) is 11.8. The molecule has 0 aliphatic carbocycles. The second-order valence-electron chi connectivity index (χ2n) is 7.37. The van der Waals surface area contributed by atoms with Crippen molar-refractivity contribution in [1.29, 1.82) is 0 Å². The van der Waals surface area contributed by atoms with Gasteiger partial charge in [0.1, 0.15) is 0 Å². The van der Waals surface area contributed by atoms with Crippen LogP contribution in [0.1, 0.15) is 58.6 Å². The number of benzene rings is 1. The normalized spacial score (nSPS) is 22.2. The summed E-state index contributed by atoms with van der Waals surface area (Å²) in [5.41, 5.74) is 8.43. The van der Waals surface area contributed by atoms with Crippen molar-refractivity contribution in [1.82, 2.24) is 4.90 Å². The lowest BCUT2D eigenvalue weighted by Gasteiger charge is -2.45. The Balaban J connectivity index is 2.10. The summed E-state index contributed by atoms with van der Waals surface area (Å²) >= 11 is 0. The molecule has 21 heavy (non-hydrogen) atoms. The van der Waals surface area contributed by atoms with Gasteiger partial charge in [0.15, 0.2) is 0 Å². The van der Waals surface area contributed by atoms with Gasteiger partial charge in [0, 0.05) is 12.1 Å². The van der Waals surface area contributed by atoms with E-state index in [1.807, 2.05) is 0 Å². The van der Waals surface area contributed by atoms with Crippen LogP contribution in [-0.2, 0) is 0 Å². The smallest absolute Gasteiger partial charge is 0.0455 e. The summed E-state index contributed by atoms with van der Waals surface area (Å²) in [7, 11) is 0. The average molecular weight is 288 g/mol. The lowest BCUT2D eigenvalue weighted by atomic mass is 9.77. The van der Waals surface area contributed by atoms with Crippen LogP contribution in [-0.4, -0.2) is 24.0 Å². The number of hydrogen-bond donors (Lipinski definition) is 1. The molecular weight excluding hydrogens is 256 g/mol. The second-order valence-corrected chi connectivity index (χ2v) is 7.37. The highest BCUT2D eigenvalue weighted by molar-refractivity contribution is 5.20. The Bertz CT molecular complexity index is 418. The molecule has 0 saturated carbocycles. The van der Waals surface area contributed by atoms with Crippen molar-refractivity contribution in [3.63, 3.8) is 0 Å². The van der Waals surface area contributed by atoms with E-state index < -0.39 is 0 Å². The summed E-state index contributed by atoms with van der Waals surface area (Å²) in [5.74, 6) is 0.575. The topological polar surface area (TPSA) is 29.3 Å². The van der Waals surface area contributed by atoms with Crippen LogP contribution in [0.3, 0.4) is 0 Å². The number of piperidine rings is 1. The molecule has 2 rings (SSSR count). The maximum absolute atomic E-state index is 6.63. The summed E-state index contributed by atoms with van der Waals surface area (Å²) in [4.78, 5) is 2.64. The van der Waals surface area contributed by atoms with E-state index in [1.165, 1.54) is 37.9 Å². The second kappa shape index (κ2) is 6.93. The molecule has 0 aromatic heterocycles. The number of rotatable bonds is 5. The van der Waals surface area contributed by atoms with Crippen molar-refractivity contribution in [2.45, 2.75) is 59.0 Å². The number of likely N-dealkylation sites (tertiary alicyclic amines) is 1. The van der Waals surface area contributed by atoms with Crippen molar-refractivity contribution in [2.24, 2.45) is 17.1 Å². The molecule has 0 amide bonds. The van der Waals surface area contributed by atoms with Crippen LogP contribution < -0.4 is 5.73 Å². The van der Waals surface area contributed by atoms with Gasteiger partial charge in [0.25, 0.3) is 0 Å². The fourth-order valence-corrected chi connectivity index (χ4v) is 3.65. The van der Waals surface area contributed by atoms with Crippen LogP contribution in [0.25, 0.3) is 0 Å². The molecule has 0 radical (unpaired) electrons. The highest BCUT2D eigenvalue weighted by Gasteiger charge is 2.35. The molecule has 1 aromatic carbocycles. The first-order valence-corrected chi connectivity index (χ1v) is 8.51. The molecule has 2 nitrogen and oxygen atoms in total. The van der Waals surface area contributed by atoms with Crippen LogP contribution in [0.4, 0.5) is 0 Å². The van der Waals surface area contributed by atoms with Gasteiger partial charge in [-0.15, -0.1) is 0 Å². The Hall–Kier alpha value is -0.860. The zero-order valence-electron chi connectivity index (χ0n) is 14.2. The lowest BCUT2D eigenvalue weighted by molar-refractivity contribution is 0.0509. The molecule has 0 bridgehead atoms. The monoisotopic (exact) mass is 288 g/mol. The minimum atomic E-state index is 0.109. The predicted molar refractivity (Wildman–Crippen MR) is 91.2 cm³/mol. The van der Waals surface area contributed by atoms with E-state index in [4.69, 9.17) is 5.73 Å². The Kier molecular flexibility index (Phi) is 5.45. The van der Waals surface area contributed by atoms with Gasteiger partial charge in [-0.25, -0.2) is 0 Å². The van der Waals surface area contributed by atoms with Crippen molar-refractivity contribution in [3.05, 3.63) is 35.9 Å². The Labute approximate surface area is 130 Å². The fourth-order valence-electron chi connectivity index (χ4n) is 3.65. The quantitative estimate of drug-likeness (QED) is 0.879. The molecule has 1 fully saturated rings. The largest absolute Gasteiger partial charge is 0.323 e. The van der Waals surface area contributed by atoms with Crippen LogP contribution >= 0.6 is 0 Å². The van der Waals surface area contributed by atoms with Crippen LogP contribution in [0.5, 0.6) is 0 Å². The lowest BCUT2D eigenvalue weighted by Crippen LogP contribution is -2.50. The zero-order chi connectivity index (χ0) is 15.5. The van der Waals surface area contributed by atoms with Gasteiger partial charge in [-0.1, -0.05) is 64.4 Å². The molecule has 2 unspecified atom stereocenters. The molecule has 1 aliphatic rings. The minimum absolute atomic E-state index is 0.109. The molecule has 1 saturated heterocycles. The van der Waals surface area contributed by atoms with E-state index in [-0.39, 0.29) is 6.04 Å². The number of nitrogens with zero attached hydrogens (tertiary/aromatic N) is 1. The molecule has 1 heterocycles. The molecule has 1 aliphatic heterocycles. The molecule has 2 atom stereocenters. The van der Waals surface area contributed by atoms with E-state index >= 15 is 0 Å². The van der Waals surface area contributed by atoms with Crippen LogP contribution in [0, 0.1) is 11.3 Å². The van der Waals surface area contributed by atoms with E-state index in [9.17, 15) is 0 Å². The van der Waals surface area contributed by atoms with Crippen molar-refractivity contribution in [3.8, 4) is 0 Å². The highest BCUT2D eigenvalue weighted by Crippen LogP contribution is 2.37. The van der Waals surface area contributed by atoms with Gasteiger partial charge in [0.05, 0.1) is 0 Å². The SMILES string of the molecule is CCC1(C)CCN(C(C(C)C)C(N)c2ccccc2)CC1. The summed E-state index contributed by atoms with van der Waals surface area (Å²) in [5, 5.41) is 0. The van der Waals surface area contributed by atoms with Gasteiger partial charge in [0.2, 0.25) is 0 Å². The fraction of sp³-hybridized carbons (Fsp3) is 0.684. The highest BCUT2D eigenvalue weighted by atomic mass is 15.2. The van der Waals surface area contributed by atoms with Crippen molar-refractivity contribution >= 4 is 0 Å².